The molecule has 3 aromatic rings. The fraction of sp³-hybridized carbons (Fsp3) is 0.419. The lowest BCUT2D eigenvalue weighted by Crippen LogP contribution is -2.45. The first-order valence-electron chi connectivity index (χ1n) is 14.1. The number of nitrogens with zero attached hydrogens (tertiary/aromatic N) is 4. The van der Waals surface area contributed by atoms with Crippen molar-refractivity contribution in [3.8, 4) is 0 Å². The summed E-state index contributed by atoms with van der Waals surface area (Å²) in [6.07, 6.45) is -8.49. The van der Waals surface area contributed by atoms with Crippen LogP contribution in [-0.4, -0.2) is 73.2 Å². The van der Waals surface area contributed by atoms with Gasteiger partial charge in [-0.25, -0.2) is 4.98 Å². The van der Waals surface area contributed by atoms with Gasteiger partial charge in [0.1, 0.15) is 5.82 Å². The Labute approximate surface area is 259 Å². The lowest BCUT2D eigenvalue weighted by atomic mass is 9.77. The second-order valence-electron chi connectivity index (χ2n) is 11.6. The summed E-state index contributed by atoms with van der Waals surface area (Å²) in [7, 11) is 2.12. The summed E-state index contributed by atoms with van der Waals surface area (Å²) >= 11 is 0. The number of hydrogen-bond acceptors (Lipinski definition) is 6. The van der Waals surface area contributed by atoms with E-state index in [0.717, 1.165) is 37.6 Å². The number of piperazine rings is 1. The Bertz CT molecular complexity index is 1460. The van der Waals surface area contributed by atoms with Crippen molar-refractivity contribution in [3.63, 3.8) is 0 Å². The molecule has 1 saturated heterocycles. The molecule has 45 heavy (non-hydrogen) atoms. The van der Waals surface area contributed by atoms with Crippen molar-refractivity contribution < 1.29 is 41.2 Å². The highest BCUT2D eigenvalue weighted by molar-refractivity contribution is 6.59. The summed E-state index contributed by atoms with van der Waals surface area (Å²) in [6, 6.07) is 10.3. The zero-order valence-corrected chi connectivity index (χ0v) is 26.0. The molecule has 1 fully saturated rings. The molecule has 0 aliphatic carbocycles. The number of halogens is 6. The van der Waals surface area contributed by atoms with Crippen LogP contribution in [-0.2, 0) is 22.6 Å². The number of aryl methyl sites for hydroxylation is 2. The highest BCUT2D eigenvalue weighted by atomic mass is 19.4. The van der Waals surface area contributed by atoms with E-state index in [-0.39, 0.29) is 11.6 Å². The zero-order valence-electron chi connectivity index (χ0n) is 26.0. The van der Waals surface area contributed by atoms with E-state index in [0.29, 0.717) is 28.8 Å². The van der Waals surface area contributed by atoms with Gasteiger partial charge in [0.15, 0.2) is 0 Å². The van der Waals surface area contributed by atoms with Crippen LogP contribution in [0.15, 0.2) is 54.7 Å². The van der Waals surface area contributed by atoms with Crippen molar-refractivity contribution in [2.75, 3.05) is 50.1 Å². The number of carbonyl (C=O) groups excluding carboxylic acids is 1. The third kappa shape index (κ3) is 8.77. The van der Waals surface area contributed by atoms with Crippen LogP contribution in [0, 0.1) is 13.8 Å². The van der Waals surface area contributed by atoms with Gasteiger partial charge in [0, 0.05) is 33.2 Å². The topological polar surface area (TPSA) is 80.1 Å². The van der Waals surface area contributed by atoms with E-state index in [1.54, 1.807) is 19.1 Å². The molecule has 0 radical (unpaired) electrons. The molecule has 1 aromatic heterocycles. The molecule has 2 heterocycles. The van der Waals surface area contributed by atoms with Gasteiger partial charge in [0.05, 0.1) is 28.4 Å². The molecule has 2 N–H and O–H groups in total. The van der Waals surface area contributed by atoms with E-state index in [1.807, 2.05) is 32.2 Å². The minimum absolute atomic E-state index is 0.0545. The second-order valence-corrected chi connectivity index (χ2v) is 11.6. The molecule has 1 amide bonds. The molecule has 0 bridgehead atoms. The number of amides is 1. The lowest BCUT2D eigenvalue weighted by molar-refractivity contribution is -0.143. The van der Waals surface area contributed by atoms with E-state index < -0.39 is 41.9 Å². The van der Waals surface area contributed by atoms with Crippen LogP contribution in [0.1, 0.15) is 41.7 Å². The number of anilines is 2. The van der Waals surface area contributed by atoms with Crippen LogP contribution in [0.25, 0.3) is 0 Å². The molecule has 1 aliphatic rings. The van der Waals surface area contributed by atoms with Crippen molar-refractivity contribution in [3.05, 3.63) is 82.5 Å². The lowest BCUT2D eigenvalue weighted by Gasteiger charge is -2.34. The van der Waals surface area contributed by atoms with Crippen molar-refractivity contribution >= 4 is 30.0 Å². The summed E-state index contributed by atoms with van der Waals surface area (Å²) in [5.74, 6) is 0.0781. The third-order valence-corrected chi connectivity index (χ3v) is 7.87. The molecule has 0 unspecified atom stereocenters. The predicted molar refractivity (Wildman–Crippen MR) is 163 cm³/mol. The molecule has 14 heteroatoms. The maximum atomic E-state index is 13.4. The first-order chi connectivity index (χ1) is 20.7. The Kier molecular flexibility index (Phi) is 11.0. The van der Waals surface area contributed by atoms with Crippen molar-refractivity contribution in [2.45, 2.75) is 45.5 Å². The number of benzene rings is 2. The number of aromatic nitrogens is 1. The second kappa shape index (κ2) is 13.8. The summed E-state index contributed by atoms with van der Waals surface area (Å²) in [4.78, 5) is 23.4. The molecule has 1 aliphatic heterocycles. The molecular formula is C31H37BF6N4O3. The Balaban J connectivity index is 0.000000468. The molecule has 2 aromatic carbocycles. The molecule has 0 spiro atoms. The highest BCUT2D eigenvalue weighted by Crippen LogP contribution is 2.40. The Hall–Kier alpha value is -3.62. The van der Waals surface area contributed by atoms with Crippen LogP contribution in [0.5, 0.6) is 0 Å². The van der Waals surface area contributed by atoms with Crippen LogP contribution in [0.4, 0.5) is 37.8 Å². The largest absolute Gasteiger partial charge is 0.488 e. The third-order valence-electron chi connectivity index (χ3n) is 7.87. The van der Waals surface area contributed by atoms with Gasteiger partial charge in [-0.15, -0.1) is 0 Å². The smallest absolute Gasteiger partial charge is 0.423 e. The van der Waals surface area contributed by atoms with E-state index in [9.17, 15) is 31.1 Å². The van der Waals surface area contributed by atoms with Crippen LogP contribution >= 0.6 is 0 Å². The standard InChI is InChI=1S/C24H28F6N4O.C7H9BO2/c1-15-10-20(34-8-6-32(4)7-9-34)31-14-19(15)33(5)21(35)22(2,3)16-11-17(23(25,26)27)13-18(12-16)24(28,29)30;1-6-4-2-3-5-7(6)8(9)10/h10-14H,6-9H2,1-5H3;2-5,9-10H,1H3. The molecule has 0 atom stereocenters. The van der Waals surface area contributed by atoms with Crippen molar-refractivity contribution in [1.82, 2.24) is 9.88 Å². The summed E-state index contributed by atoms with van der Waals surface area (Å²) in [6.45, 7) is 9.58. The van der Waals surface area contributed by atoms with Gasteiger partial charge < -0.3 is 24.7 Å². The average Bonchev–Trinajstić information content (AvgIpc) is 2.96. The minimum atomic E-state index is -5.00. The fourth-order valence-corrected chi connectivity index (χ4v) is 4.94. The quantitative estimate of drug-likeness (QED) is 0.309. The van der Waals surface area contributed by atoms with Gasteiger partial charge in [0.2, 0.25) is 5.91 Å². The number of pyridine rings is 1. The van der Waals surface area contributed by atoms with Crippen molar-refractivity contribution in [1.29, 1.82) is 0 Å². The number of carbonyl (C=O) groups is 1. The first-order valence-corrected chi connectivity index (χ1v) is 14.1. The zero-order chi connectivity index (χ0) is 33.9. The highest BCUT2D eigenvalue weighted by Gasteiger charge is 2.41. The Morgan fingerprint density at radius 2 is 1.36 bits per heavy atom. The number of likely N-dealkylation sites (N-methyl/N-ethyl adjacent to an activating group) is 2. The summed E-state index contributed by atoms with van der Waals surface area (Å²) < 4.78 is 80.0. The Morgan fingerprint density at radius 3 is 1.80 bits per heavy atom. The summed E-state index contributed by atoms with van der Waals surface area (Å²) in [5, 5.41) is 17.5. The van der Waals surface area contributed by atoms with E-state index in [1.165, 1.54) is 32.0 Å². The van der Waals surface area contributed by atoms with E-state index in [2.05, 4.69) is 14.8 Å². The maximum absolute atomic E-state index is 13.4. The first kappa shape index (κ1) is 35.9. The van der Waals surface area contributed by atoms with Gasteiger partial charge >= 0.3 is 19.5 Å². The van der Waals surface area contributed by atoms with Gasteiger partial charge in [-0.3, -0.25) is 4.79 Å². The number of alkyl halides is 6. The minimum Gasteiger partial charge on any atom is -0.423 e. The van der Waals surface area contributed by atoms with Gasteiger partial charge in [0.25, 0.3) is 0 Å². The SMILES string of the molecule is Cc1cc(N2CCN(C)CC2)ncc1N(C)C(=O)C(C)(C)c1cc(C(F)(F)F)cc(C(F)(F)F)c1.Cc1ccccc1B(O)O. The monoisotopic (exact) mass is 638 g/mol. The van der Waals surface area contributed by atoms with E-state index >= 15 is 0 Å². The molecule has 244 valence electrons. The maximum Gasteiger partial charge on any atom is 0.488 e. The van der Waals surface area contributed by atoms with Gasteiger partial charge in [-0.2, -0.15) is 26.3 Å². The van der Waals surface area contributed by atoms with Gasteiger partial charge in [-0.05, 0) is 75.6 Å². The number of hydrogen-bond donors (Lipinski definition) is 2. The van der Waals surface area contributed by atoms with Crippen LogP contribution in [0.3, 0.4) is 0 Å². The number of rotatable bonds is 5. The van der Waals surface area contributed by atoms with Gasteiger partial charge in [-0.1, -0.05) is 29.8 Å². The normalized spacial score (nSPS) is 14.5. The molecule has 7 nitrogen and oxygen atoms in total. The van der Waals surface area contributed by atoms with E-state index in [4.69, 9.17) is 10.0 Å². The summed E-state index contributed by atoms with van der Waals surface area (Å²) in [5.41, 5.74) is -2.38. The molecular weight excluding hydrogens is 601 g/mol. The van der Waals surface area contributed by atoms with Crippen molar-refractivity contribution in [2.24, 2.45) is 0 Å². The molecule has 0 saturated carbocycles. The Morgan fingerprint density at radius 1 is 0.844 bits per heavy atom. The van der Waals surface area contributed by atoms with Crippen LogP contribution in [0.2, 0.25) is 0 Å². The molecule has 4 rings (SSSR count). The average molecular weight is 638 g/mol. The predicted octanol–water partition coefficient (Wildman–Crippen LogP) is 4.79. The fourth-order valence-electron chi connectivity index (χ4n) is 4.94. The van der Waals surface area contributed by atoms with Crippen LogP contribution < -0.4 is 15.3 Å².